The van der Waals surface area contributed by atoms with Crippen LogP contribution < -0.4 is 5.32 Å². The van der Waals surface area contributed by atoms with Crippen LogP contribution in [0.4, 0.5) is 0 Å². The second kappa shape index (κ2) is 5.86. The summed E-state index contributed by atoms with van der Waals surface area (Å²) in [5, 5.41) is 14.9. The van der Waals surface area contributed by atoms with Crippen LogP contribution >= 0.6 is 0 Å². The molecule has 0 spiro atoms. The molecule has 1 rings (SSSR count). The number of aromatic nitrogens is 2. The van der Waals surface area contributed by atoms with E-state index in [4.69, 9.17) is 9.84 Å². The van der Waals surface area contributed by atoms with Crippen molar-refractivity contribution in [3.63, 3.8) is 0 Å². The van der Waals surface area contributed by atoms with Gasteiger partial charge in [-0.2, -0.15) is 5.10 Å². The van der Waals surface area contributed by atoms with Gasteiger partial charge in [0.15, 0.2) is 0 Å². The van der Waals surface area contributed by atoms with E-state index in [1.54, 1.807) is 0 Å². The predicted molar refractivity (Wildman–Crippen MR) is 54.1 cm³/mol. The molecular weight excluding hydrogens is 214 g/mol. The van der Waals surface area contributed by atoms with Crippen molar-refractivity contribution in [1.82, 2.24) is 15.1 Å². The van der Waals surface area contributed by atoms with Gasteiger partial charge in [0.25, 0.3) is 5.91 Å². The summed E-state index contributed by atoms with van der Waals surface area (Å²) >= 11 is 0. The van der Waals surface area contributed by atoms with Crippen molar-refractivity contribution in [3.8, 4) is 0 Å². The normalized spacial score (nSPS) is 10.1. The summed E-state index contributed by atoms with van der Waals surface area (Å²) in [7, 11) is 1.54. The Balaban J connectivity index is 2.49. The Morgan fingerprint density at radius 2 is 2.38 bits per heavy atom. The second-order valence-corrected chi connectivity index (χ2v) is 3.04. The number of carbonyl (C=O) groups is 2. The molecule has 0 aliphatic carbocycles. The maximum atomic E-state index is 11.4. The molecule has 0 unspecified atom stereocenters. The van der Waals surface area contributed by atoms with E-state index in [9.17, 15) is 9.59 Å². The largest absolute Gasteiger partial charge is 0.480 e. The zero-order valence-corrected chi connectivity index (χ0v) is 8.84. The highest BCUT2D eigenvalue weighted by molar-refractivity contribution is 5.92. The van der Waals surface area contributed by atoms with Gasteiger partial charge in [0.05, 0.1) is 6.61 Å². The summed E-state index contributed by atoms with van der Waals surface area (Å²) < 4.78 is 5.96. The van der Waals surface area contributed by atoms with Gasteiger partial charge in [0.1, 0.15) is 12.2 Å². The number of ether oxygens (including phenoxy) is 1. The standard InChI is InChI=1S/C9H13N3O4/c1-16-5-3-10-9(15)7-2-4-12(11-7)6-8(13)14/h2,4H,3,5-6H2,1H3,(H,10,15)(H,13,14). The molecular formula is C9H13N3O4. The lowest BCUT2D eigenvalue weighted by Gasteiger charge is -2.01. The molecule has 0 atom stereocenters. The van der Waals surface area contributed by atoms with Gasteiger partial charge in [-0.25, -0.2) is 0 Å². The van der Waals surface area contributed by atoms with Crippen molar-refractivity contribution in [2.24, 2.45) is 0 Å². The maximum Gasteiger partial charge on any atom is 0.325 e. The minimum Gasteiger partial charge on any atom is -0.480 e. The highest BCUT2D eigenvalue weighted by Crippen LogP contribution is 1.95. The zero-order chi connectivity index (χ0) is 12.0. The van der Waals surface area contributed by atoms with Gasteiger partial charge in [0, 0.05) is 19.9 Å². The van der Waals surface area contributed by atoms with Crippen molar-refractivity contribution in [1.29, 1.82) is 0 Å². The van der Waals surface area contributed by atoms with E-state index < -0.39 is 5.97 Å². The maximum absolute atomic E-state index is 11.4. The molecule has 0 saturated heterocycles. The minimum atomic E-state index is -1.01. The number of nitrogens with zero attached hydrogens (tertiary/aromatic N) is 2. The third-order valence-electron chi connectivity index (χ3n) is 1.76. The van der Waals surface area contributed by atoms with Gasteiger partial charge >= 0.3 is 5.97 Å². The lowest BCUT2D eigenvalue weighted by molar-refractivity contribution is -0.137. The first kappa shape index (κ1) is 12.2. The van der Waals surface area contributed by atoms with Gasteiger partial charge in [0.2, 0.25) is 0 Å². The second-order valence-electron chi connectivity index (χ2n) is 3.04. The minimum absolute atomic E-state index is 0.192. The summed E-state index contributed by atoms with van der Waals surface area (Å²) in [5.41, 5.74) is 0.192. The summed E-state index contributed by atoms with van der Waals surface area (Å²) in [6, 6.07) is 1.46. The van der Waals surface area contributed by atoms with Crippen LogP contribution in [0.1, 0.15) is 10.5 Å². The molecule has 0 aliphatic heterocycles. The van der Waals surface area contributed by atoms with E-state index in [1.807, 2.05) is 0 Å². The molecule has 0 bridgehead atoms. The number of rotatable bonds is 6. The van der Waals surface area contributed by atoms with E-state index in [2.05, 4.69) is 10.4 Å². The molecule has 0 aromatic carbocycles. The average Bonchev–Trinajstić information content (AvgIpc) is 2.65. The van der Waals surface area contributed by atoms with Crippen LogP contribution in [0.5, 0.6) is 0 Å². The lowest BCUT2D eigenvalue weighted by Crippen LogP contribution is -2.27. The Kier molecular flexibility index (Phi) is 4.46. The van der Waals surface area contributed by atoms with Crippen LogP contribution in [0.15, 0.2) is 12.3 Å². The molecule has 1 aromatic rings. The molecule has 16 heavy (non-hydrogen) atoms. The topological polar surface area (TPSA) is 93.5 Å². The number of aliphatic carboxylic acids is 1. The van der Waals surface area contributed by atoms with E-state index in [1.165, 1.54) is 24.1 Å². The molecule has 0 fully saturated rings. The quantitative estimate of drug-likeness (QED) is 0.629. The van der Waals surface area contributed by atoms with Crippen LogP contribution in [-0.4, -0.2) is 47.0 Å². The Labute approximate surface area is 92.0 Å². The highest BCUT2D eigenvalue weighted by Gasteiger charge is 2.09. The first-order valence-corrected chi connectivity index (χ1v) is 4.66. The SMILES string of the molecule is COCCNC(=O)c1ccn(CC(=O)O)n1. The third-order valence-corrected chi connectivity index (χ3v) is 1.76. The summed E-state index contributed by atoms with van der Waals surface area (Å²) in [6.07, 6.45) is 1.44. The van der Waals surface area contributed by atoms with Crippen LogP contribution in [0.25, 0.3) is 0 Å². The molecule has 1 heterocycles. The number of hydrogen-bond acceptors (Lipinski definition) is 4. The number of carboxylic acids is 1. The Morgan fingerprint density at radius 1 is 1.62 bits per heavy atom. The lowest BCUT2D eigenvalue weighted by atomic mass is 10.4. The number of nitrogens with one attached hydrogen (secondary N) is 1. The average molecular weight is 227 g/mol. The molecule has 88 valence electrons. The van der Waals surface area contributed by atoms with E-state index in [0.29, 0.717) is 13.2 Å². The fraction of sp³-hybridized carbons (Fsp3) is 0.444. The van der Waals surface area contributed by atoms with E-state index >= 15 is 0 Å². The number of amides is 1. The van der Waals surface area contributed by atoms with Gasteiger partial charge in [-0.1, -0.05) is 0 Å². The van der Waals surface area contributed by atoms with Crippen LogP contribution in [0.3, 0.4) is 0 Å². The molecule has 0 radical (unpaired) electrons. The Morgan fingerprint density at radius 3 is 3.00 bits per heavy atom. The molecule has 7 heteroatoms. The number of carboxylic acid groups (broad SMARTS) is 1. The number of methoxy groups -OCH3 is 1. The van der Waals surface area contributed by atoms with E-state index in [-0.39, 0.29) is 18.1 Å². The van der Waals surface area contributed by atoms with Crippen LogP contribution in [-0.2, 0) is 16.1 Å². The van der Waals surface area contributed by atoms with Crippen molar-refractivity contribution in [2.75, 3.05) is 20.3 Å². The fourth-order valence-electron chi connectivity index (χ4n) is 1.07. The van der Waals surface area contributed by atoms with Crippen molar-refractivity contribution in [3.05, 3.63) is 18.0 Å². The molecule has 7 nitrogen and oxygen atoms in total. The van der Waals surface area contributed by atoms with E-state index in [0.717, 1.165) is 0 Å². The van der Waals surface area contributed by atoms with Gasteiger partial charge < -0.3 is 15.2 Å². The summed E-state index contributed by atoms with van der Waals surface area (Å²) in [6.45, 7) is 0.550. The first-order chi connectivity index (χ1) is 7.63. The number of hydrogen-bond donors (Lipinski definition) is 2. The monoisotopic (exact) mass is 227 g/mol. The summed E-state index contributed by atoms with van der Waals surface area (Å²) in [4.78, 5) is 21.8. The van der Waals surface area contributed by atoms with Crippen molar-refractivity contribution < 1.29 is 19.4 Å². The molecule has 2 N–H and O–H groups in total. The van der Waals surface area contributed by atoms with Gasteiger partial charge in [-0.05, 0) is 6.07 Å². The van der Waals surface area contributed by atoms with Crippen LogP contribution in [0.2, 0.25) is 0 Å². The van der Waals surface area contributed by atoms with Gasteiger partial charge in [-0.15, -0.1) is 0 Å². The molecule has 1 amide bonds. The van der Waals surface area contributed by atoms with Gasteiger partial charge in [-0.3, -0.25) is 14.3 Å². The Bertz CT molecular complexity index is 375. The molecule has 0 aliphatic rings. The van der Waals surface area contributed by atoms with Crippen molar-refractivity contribution in [2.45, 2.75) is 6.54 Å². The van der Waals surface area contributed by atoms with Crippen molar-refractivity contribution >= 4 is 11.9 Å². The smallest absolute Gasteiger partial charge is 0.325 e. The predicted octanol–water partition coefficient (Wildman–Crippen LogP) is -0.656. The molecule has 0 saturated carbocycles. The zero-order valence-electron chi connectivity index (χ0n) is 8.84. The highest BCUT2D eigenvalue weighted by atomic mass is 16.5. The molecule has 1 aromatic heterocycles. The van der Waals surface area contributed by atoms with Crippen LogP contribution in [0, 0.1) is 0 Å². The summed E-state index contributed by atoms with van der Waals surface area (Å²) in [5.74, 6) is -1.35. The number of carbonyl (C=O) groups excluding carboxylic acids is 1. The Hall–Kier alpha value is -1.89. The first-order valence-electron chi connectivity index (χ1n) is 4.66. The third kappa shape index (κ3) is 3.70. The fourth-order valence-corrected chi connectivity index (χ4v) is 1.07.